The van der Waals surface area contributed by atoms with Crippen molar-refractivity contribution in [2.24, 2.45) is 0 Å². The average Bonchev–Trinajstić information content (AvgIpc) is 3.13. The highest BCUT2D eigenvalue weighted by Crippen LogP contribution is 2.38. The molecule has 1 heterocycles. The van der Waals surface area contributed by atoms with Gasteiger partial charge in [0.2, 0.25) is 0 Å². The molecular formula is C22H15Cl3N2O3S. The lowest BCUT2D eigenvalue weighted by molar-refractivity contribution is 0.215. The summed E-state index contributed by atoms with van der Waals surface area (Å²) < 4.78 is 12.1. The number of rotatable bonds is 5. The Kier molecular flexibility index (Phi) is 6.53. The molecule has 0 saturated heterocycles. The Morgan fingerprint density at radius 1 is 1.03 bits per heavy atom. The summed E-state index contributed by atoms with van der Waals surface area (Å²) in [4.78, 5) is 16.4. The van der Waals surface area contributed by atoms with E-state index in [1.807, 2.05) is 31.2 Å². The Bertz CT molecular complexity index is 1250. The predicted molar refractivity (Wildman–Crippen MR) is 126 cm³/mol. The number of carbonyl (C=O) groups excluding carboxylic acids is 1. The number of fused-ring (bicyclic) bond motifs is 1. The monoisotopic (exact) mass is 492 g/mol. The number of benzene rings is 3. The number of nitrogens with zero attached hydrogens (tertiary/aromatic N) is 1. The highest BCUT2D eigenvalue weighted by Gasteiger charge is 2.18. The standard InChI is InChI=1S/C22H15Cl3N2O3S/c1-12(19-15(23)8-9-16(24)20(19)25)29-14-7-10-17-18(11-14)31-22(27-17)30-21(28)26-13-5-3-2-4-6-13/h2-12H,1H3,(H,26,28). The van der Waals surface area contributed by atoms with Gasteiger partial charge in [-0.05, 0) is 49.4 Å². The summed E-state index contributed by atoms with van der Waals surface area (Å²) in [5.41, 5.74) is 1.93. The zero-order valence-corrected chi connectivity index (χ0v) is 19.1. The second-order valence-electron chi connectivity index (χ2n) is 6.51. The summed E-state index contributed by atoms with van der Waals surface area (Å²) in [6, 6.07) is 17.7. The molecule has 1 aromatic heterocycles. The number of aromatic nitrogens is 1. The van der Waals surface area contributed by atoms with Gasteiger partial charge >= 0.3 is 6.09 Å². The molecular weight excluding hydrogens is 479 g/mol. The molecule has 5 nitrogen and oxygen atoms in total. The van der Waals surface area contributed by atoms with Crippen molar-refractivity contribution in [2.45, 2.75) is 13.0 Å². The summed E-state index contributed by atoms with van der Waals surface area (Å²) in [7, 11) is 0. The maximum Gasteiger partial charge on any atom is 0.419 e. The number of para-hydroxylation sites is 1. The van der Waals surface area contributed by atoms with Crippen LogP contribution >= 0.6 is 46.1 Å². The molecule has 0 bridgehead atoms. The van der Waals surface area contributed by atoms with Crippen LogP contribution in [0.2, 0.25) is 15.1 Å². The number of anilines is 1. The van der Waals surface area contributed by atoms with E-state index in [1.165, 1.54) is 11.3 Å². The first-order chi connectivity index (χ1) is 14.9. The number of halogens is 3. The van der Waals surface area contributed by atoms with Crippen LogP contribution in [0.3, 0.4) is 0 Å². The van der Waals surface area contributed by atoms with E-state index in [0.717, 1.165) is 4.70 Å². The van der Waals surface area contributed by atoms with Gasteiger partial charge in [-0.3, -0.25) is 5.32 Å². The molecule has 0 radical (unpaired) electrons. The molecule has 0 fully saturated rings. The third-order valence-corrected chi connectivity index (χ3v) is 6.38. The molecule has 1 unspecified atom stereocenters. The molecule has 0 spiro atoms. The lowest BCUT2D eigenvalue weighted by atomic mass is 10.1. The molecule has 0 aliphatic carbocycles. The van der Waals surface area contributed by atoms with Gasteiger partial charge in [-0.2, -0.15) is 0 Å². The van der Waals surface area contributed by atoms with Crippen molar-refractivity contribution in [1.29, 1.82) is 0 Å². The van der Waals surface area contributed by atoms with Gasteiger partial charge in [-0.1, -0.05) is 64.3 Å². The molecule has 1 amide bonds. The molecule has 4 aromatic rings. The zero-order valence-electron chi connectivity index (χ0n) is 16.1. The van der Waals surface area contributed by atoms with Gasteiger partial charge in [-0.15, -0.1) is 0 Å². The second-order valence-corrected chi connectivity index (χ2v) is 8.69. The van der Waals surface area contributed by atoms with E-state index in [-0.39, 0.29) is 5.19 Å². The number of ether oxygens (including phenoxy) is 2. The van der Waals surface area contributed by atoms with Crippen LogP contribution in [0.4, 0.5) is 10.5 Å². The largest absolute Gasteiger partial charge is 0.486 e. The smallest absolute Gasteiger partial charge is 0.419 e. The summed E-state index contributed by atoms with van der Waals surface area (Å²) in [5.74, 6) is 0.594. The summed E-state index contributed by atoms with van der Waals surface area (Å²) in [6.07, 6.45) is -1.04. The first kappa shape index (κ1) is 21.7. The number of nitrogens with one attached hydrogen (secondary N) is 1. The van der Waals surface area contributed by atoms with E-state index in [0.29, 0.717) is 37.6 Å². The van der Waals surface area contributed by atoms with Crippen molar-refractivity contribution in [3.63, 3.8) is 0 Å². The van der Waals surface area contributed by atoms with Crippen molar-refractivity contribution in [3.05, 3.63) is 81.3 Å². The lowest BCUT2D eigenvalue weighted by Crippen LogP contribution is -2.16. The van der Waals surface area contributed by atoms with Crippen molar-refractivity contribution < 1.29 is 14.3 Å². The predicted octanol–water partition coefficient (Wildman–Crippen LogP) is 8.01. The summed E-state index contributed by atoms with van der Waals surface area (Å²) in [5, 5.41) is 4.12. The van der Waals surface area contributed by atoms with E-state index < -0.39 is 12.2 Å². The Balaban J connectivity index is 1.49. The minimum atomic E-state index is -0.611. The molecule has 4 rings (SSSR count). The van der Waals surface area contributed by atoms with Crippen molar-refractivity contribution >= 4 is 68.1 Å². The molecule has 0 aliphatic rings. The maximum absolute atomic E-state index is 12.1. The number of amides is 1. The van der Waals surface area contributed by atoms with Gasteiger partial charge in [0.05, 0.1) is 20.3 Å². The molecule has 0 saturated carbocycles. The molecule has 1 N–H and O–H groups in total. The molecule has 9 heteroatoms. The second kappa shape index (κ2) is 9.32. The SMILES string of the molecule is CC(Oc1ccc2nc(OC(=O)Nc3ccccc3)sc2c1)c1c(Cl)ccc(Cl)c1Cl. The number of carbonyl (C=O) groups is 1. The van der Waals surface area contributed by atoms with Crippen LogP contribution in [0.15, 0.2) is 60.7 Å². The first-order valence-corrected chi connectivity index (χ1v) is 11.1. The van der Waals surface area contributed by atoms with Gasteiger partial charge in [-0.25, -0.2) is 9.78 Å². The minimum absolute atomic E-state index is 0.231. The van der Waals surface area contributed by atoms with Gasteiger partial charge < -0.3 is 9.47 Å². The van der Waals surface area contributed by atoms with E-state index in [4.69, 9.17) is 44.3 Å². The van der Waals surface area contributed by atoms with Crippen LogP contribution in [0.1, 0.15) is 18.6 Å². The maximum atomic E-state index is 12.1. The van der Waals surface area contributed by atoms with Crippen LogP contribution in [-0.2, 0) is 0 Å². The highest BCUT2D eigenvalue weighted by atomic mass is 35.5. The first-order valence-electron chi connectivity index (χ1n) is 9.15. The lowest BCUT2D eigenvalue weighted by Gasteiger charge is -2.18. The van der Waals surface area contributed by atoms with Gasteiger partial charge in [0.1, 0.15) is 11.9 Å². The highest BCUT2D eigenvalue weighted by molar-refractivity contribution is 7.20. The molecule has 3 aromatic carbocycles. The number of hydrogen-bond acceptors (Lipinski definition) is 5. The Morgan fingerprint density at radius 3 is 2.55 bits per heavy atom. The Morgan fingerprint density at radius 2 is 1.77 bits per heavy atom. The summed E-state index contributed by atoms with van der Waals surface area (Å²) in [6.45, 7) is 1.84. The zero-order chi connectivity index (χ0) is 22.0. The number of hydrogen-bond donors (Lipinski definition) is 1. The third kappa shape index (κ3) is 5.05. The van der Waals surface area contributed by atoms with E-state index in [9.17, 15) is 4.79 Å². The van der Waals surface area contributed by atoms with Crippen LogP contribution in [0, 0.1) is 0 Å². The quantitative estimate of drug-likeness (QED) is 0.286. The van der Waals surface area contributed by atoms with Crippen LogP contribution < -0.4 is 14.8 Å². The fraction of sp³-hybridized carbons (Fsp3) is 0.0909. The van der Waals surface area contributed by atoms with Gasteiger partial charge in [0.25, 0.3) is 5.19 Å². The van der Waals surface area contributed by atoms with Crippen molar-refractivity contribution in [1.82, 2.24) is 4.98 Å². The van der Waals surface area contributed by atoms with Gasteiger partial charge in [0.15, 0.2) is 0 Å². The van der Waals surface area contributed by atoms with Crippen LogP contribution in [0.5, 0.6) is 10.9 Å². The fourth-order valence-corrected chi connectivity index (χ4v) is 4.61. The normalized spacial score (nSPS) is 11.9. The summed E-state index contributed by atoms with van der Waals surface area (Å²) >= 11 is 19.9. The van der Waals surface area contributed by atoms with Crippen LogP contribution in [-0.4, -0.2) is 11.1 Å². The van der Waals surface area contributed by atoms with Crippen molar-refractivity contribution in [3.8, 4) is 10.9 Å². The molecule has 1 atom stereocenters. The van der Waals surface area contributed by atoms with E-state index >= 15 is 0 Å². The molecule has 31 heavy (non-hydrogen) atoms. The Labute approximate surface area is 197 Å². The van der Waals surface area contributed by atoms with E-state index in [2.05, 4.69) is 10.3 Å². The molecule has 0 aliphatic heterocycles. The fourth-order valence-electron chi connectivity index (χ4n) is 2.92. The van der Waals surface area contributed by atoms with Crippen LogP contribution in [0.25, 0.3) is 10.2 Å². The molecule has 158 valence electrons. The van der Waals surface area contributed by atoms with Gasteiger partial charge in [0, 0.05) is 16.3 Å². The Hall–Kier alpha value is -2.51. The topological polar surface area (TPSA) is 60.5 Å². The minimum Gasteiger partial charge on any atom is -0.486 e. The third-order valence-electron chi connectivity index (χ3n) is 4.34. The van der Waals surface area contributed by atoms with Crippen molar-refractivity contribution in [2.75, 3.05) is 5.32 Å². The number of thiazole rings is 1. The average molecular weight is 494 g/mol. The van der Waals surface area contributed by atoms with E-state index in [1.54, 1.807) is 36.4 Å².